The smallest absolute Gasteiger partial charge is 0.216 e. The number of rotatable bonds is 8. The lowest BCUT2D eigenvalue weighted by Gasteiger charge is -2.08. The first-order valence-electron chi connectivity index (χ1n) is 7.28. The first-order valence-corrected chi connectivity index (χ1v) is 8.94. The van der Waals surface area contributed by atoms with Crippen molar-refractivity contribution in [3.63, 3.8) is 0 Å². The van der Waals surface area contributed by atoms with Crippen molar-refractivity contribution in [1.82, 2.24) is 10.0 Å². The SMILES string of the molecule is CCCNCc1cccc(CS(=O)(=O)NC2CC2C)c1. The van der Waals surface area contributed by atoms with E-state index in [-0.39, 0.29) is 11.8 Å². The van der Waals surface area contributed by atoms with Crippen LogP contribution in [0.15, 0.2) is 24.3 Å². The van der Waals surface area contributed by atoms with Gasteiger partial charge in [0.2, 0.25) is 10.0 Å². The zero-order chi connectivity index (χ0) is 14.6. The predicted octanol–water partition coefficient (Wildman–Crippen LogP) is 2.01. The van der Waals surface area contributed by atoms with Crippen molar-refractivity contribution >= 4 is 10.0 Å². The van der Waals surface area contributed by atoms with Crippen LogP contribution in [0.2, 0.25) is 0 Å². The lowest BCUT2D eigenvalue weighted by atomic mass is 10.1. The van der Waals surface area contributed by atoms with Crippen LogP contribution in [-0.4, -0.2) is 21.0 Å². The number of sulfonamides is 1. The Morgan fingerprint density at radius 3 is 2.65 bits per heavy atom. The van der Waals surface area contributed by atoms with Crippen molar-refractivity contribution in [3.05, 3.63) is 35.4 Å². The van der Waals surface area contributed by atoms with Crippen LogP contribution in [0.25, 0.3) is 0 Å². The third kappa shape index (κ3) is 4.89. The molecule has 1 saturated carbocycles. The molecule has 20 heavy (non-hydrogen) atoms. The minimum absolute atomic E-state index is 0.0673. The molecule has 2 unspecified atom stereocenters. The Hall–Kier alpha value is -0.910. The van der Waals surface area contributed by atoms with Crippen LogP contribution in [0.4, 0.5) is 0 Å². The average molecular weight is 296 g/mol. The fourth-order valence-electron chi connectivity index (χ4n) is 2.22. The second-order valence-electron chi connectivity index (χ2n) is 5.69. The maximum atomic E-state index is 12.0. The molecule has 0 aliphatic heterocycles. The molecule has 2 rings (SSSR count). The van der Waals surface area contributed by atoms with Gasteiger partial charge in [-0.1, -0.05) is 38.1 Å². The van der Waals surface area contributed by atoms with Gasteiger partial charge >= 0.3 is 0 Å². The van der Waals surface area contributed by atoms with Crippen molar-refractivity contribution in [2.45, 2.75) is 45.0 Å². The maximum Gasteiger partial charge on any atom is 0.216 e. The largest absolute Gasteiger partial charge is 0.313 e. The van der Waals surface area contributed by atoms with Gasteiger partial charge in [-0.3, -0.25) is 0 Å². The molecule has 112 valence electrons. The third-order valence-electron chi connectivity index (χ3n) is 3.54. The van der Waals surface area contributed by atoms with Gasteiger partial charge in [-0.15, -0.1) is 0 Å². The molecule has 1 fully saturated rings. The van der Waals surface area contributed by atoms with E-state index in [1.165, 1.54) is 0 Å². The van der Waals surface area contributed by atoms with Gasteiger partial charge in [-0.2, -0.15) is 0 Å². The van der Waals surface area contributed by atoms with Gasteiger partial charge in [0, 0.05) is 12.6 Å². The first-order chi connectivity index (χ1) is 9.50. The van der Waals surface area contributed by atoms with E-state index in [4.69, 9.17) is 0 Å². The van der Waals surface area contributed by atoms with E-state index in [0.717, 1.165) is 37.1 Å². The summed E-state index contributed by atoms with van der Waals surface area (Å²) in [6, 6.07) is 7.94. The van der Waals surface area contributed by atoms with E-state index >= 15 is 0 Å². The van der Waals surface area contributed by atoms with Crippen LogP contribution in [0.3, 0.4) is 0 Å². The number of hydrogen-bond acceptors (Lipinski definition) is 3. The summed E-state index contributed by atoms with van der Waals surface area (Å²) in [6.07, 6.45) is 2.05. The molecular formula is C15H24N2O2S. The van der Waals surface area contributed by atoms with Crippen LogP contribution in [0.5, 0.6) is 0 Å². The zero-order valence-corrected chi connectivity index (χ0v) is 13.0. The van der Waals surface area contributed by atoms with Gasteiger partial charge in [0.1, 0.15) is 0 Å². The molecule has 0 bridgehead atoms. The first kappa shape index (κ1) is 15.5. The number of hydrogen-bond donors (Lipinski definition) is 2. The fourth-order valence-corrected chi connectivity index (χ4v) is 3.71. The number of nitrogens with one attached hydrogen (secondary N) is 2. The van der Waals surface area contributed by atoms with Gasteiger partial charge in [0.15, 0.2) is 0 Å². The van der Waals surface area contributed by atoms with Crippen LogP contribution in [0, 0.1) is 5.92 Å². The molecule has 2 N–H and O–H groups in total. The monoisotopic (exact) mass is 296 g/mol. The second-order valence-corrected chi connectivity index (χ2v) is 7.45. The molecule has 0 heterocycles. The van der Waals surface area contributed by atoms with E-state index in [0.29, 0.717) is 5.92 Å². The third-order valence-corrected chi connectivity index (χ3v) is 4.92. The van der Waals surface area contributed by atoms with Crippen LogP contribution >= 0.6 is 0 Å². The molecule has 0 radical (unpaired) electrons. The van der Waals surface area contributed by atoms with Crippen LogP contribution < -0.4 is 10.0 Å². The Morgan fingerprint density at radius 1 is 1.30 bits per heavy atom. The second kappa shape index (κ2) is 6.70. The van der Waals surface area contributed by atoms with Gasteiger partial charge in [-0.05, 0) is 36.4 Å². The van der Waals surface area contributed by atoms with E-state index in [1.54, 1.807) is 0 Å². The topological polar surface area (TPSA) is 58.2 Å². The maximum absolute atomic E-state index is 12.0. The molecular weight excluding hydrogens is 272 g/mol. The highest BCUT2D eigenvalue weighted by Crippen LogP contribution is 2.30. The van der Waals surface area contributed by atoms with E-state index < -0.39 is 10.0 Å². The van der Waals surface area contributed by atoms with E-state index in [2.05, 4.69) is 23.9 Å². The van der Waals surface area contributed by atoms with Gasteiger partial charge < -0.3 is 5.32 Å². The van der Waals surface area contributed by atoms with Crippen molar-refractivity contribution in [2.24, 2.45) is 5.92 Å². The zero-order valence-electron chi connectivity index (χ0n) is 12.2. The summed E-state index contributed by atoms with van der Waals surface area (Å²) in [5.74, 6) is 0.548. The molecule has 0 aromatic heterocycles. The molecule has 1 aromatic carbocycles. The van der Waals surface area contributed by atoms with E-state index in [9.17, 15) is 8.42 Å². The van der Waals surface area contributed by atoms with Crippen LogP contribution in [-0.2, 0) is 22.3 Å². The lowest BCUT2D eigenvalue weighted by molar-refractivity contribution is 0.577. The van der Waals surface area contributed by atoms with Crippen molar-refractivity contribution < 1.29 is 8.42 Å². The Kier molecular flexibility index (Phi) is 5.18. The molecule has 0 spiro atoms. The molecule has 1 aliphatic rings. The highest BCUT2D eigenvalue weighted by Gasteiger charge is 2.35. The predicted molar refractivity (Wildman–Crippen MR) is 81.8 cm³/mol. The normalized spacial score (nSPS) is 21.9. The lowest BCUT2D eigenvalue weighted by Crippen LogP contribution is -2.28. The van der Waals surface area contributed by atoms with Gasteiger partial charge in [0.25, 0.3) is 0 Å². The molecule has 0 saturated heterocycles. The summed E-state index contributed by atoms with van der Waals surface area (Å²) in [7, 11) is -3.22. The summed E-state index contributed by atoms with van der Waals surface area (Å²) < 4.78 is 26.8. The standard InChI is InChI=1S/C15H24N2O2S/c1-3-7-16-10-13-5-4-6-14(9-13)11-20(18,19)17-15-8-12(15)2/h4-6,9,12,15-17H,3,7-8,10-11H2,1-2H3. The molecule has 1 aromatic rings. The number of benzene rings is 1. The highest BCUT2D eigenvalue weighted by molar-refractivity contribution is 7.88. The van der Waals surface area contributed by atoms with E-state index in [1.807, 2.05) is 24.3 Å². The minimum atomic E-state index is -3.22. The van der Waals surface area contributed by atoms with Crippen molar-refractivity contribution in [2.75, 3.05) is 6.54 Å². The quantitative estimate of drug-likeness (QED) is 0.722. The van der Waals surface area contributed by atoms with Crippen LogP contribution in [0.1, 0.15) is 37.8 Å². The summed E-state index contributed by atoms with van der Waals surface area (Å²) in [4.78, 5) is 0. The summed E-state index contributed by atoms with van der Waals surface area (Å²) >= 11 is 0. The molecule has 2 atom stereocenters. The summed E-state index contributed by atoms with van der Waals surface area (Å²) in [6.45, 7) is 5.95. The Labute approximate surface area is 122 Å². The molecule has 5 heteroatoms. The summed E-state index contributed by atoms with van der Waals surface area (Å²) in [5.41, 5.74) is 1.98. The molecule has 1 aliphatic carbocycles. The summed E-state index contributed by atoms with van der Waals surface area (Å²) in [5, 5.41) is 3.32. The van der Waals surface area contributed by atoms with Crippen molar-refractivity contribution in [3.8, 4) is 0 Å². The van der Waals surface area contributed by atoms with Gasteiger partial charge in [0.05, 0.1) is 5.75 Å². The Morgan fingerprint density at radius 2 is 2.00 bits per heavy atom. The Bertz CT molecular complexity index is 543. The van der Waals surface area contributed by atoms with Gasteiger partial charge in [-0.25, -0.2) is 13.1 Å². The Balaban J connectivity index is 1.93. The highest BCUT2D eigenvalue weighted by atomic mass is 32.2. The average Bonchev–Trinajstić information content (AvgIpc) is 3.04. The molecule has 4 nitrogen and oxygen atoms in total. The molecule has 0 amide bonds. The minimum Gasteiger partial charge on any atom is -0.313 e. The van der Waals surface area contributed by atoms with Crippen molar-refractivity contribution in [1.29, 1.82) is 0 Å². The fraction of sp³-hybridized carbons (Fsp3) is 0.600.